The maximum Gasteiger partial charge on any atom is 0.0999 e. The van der Waals surface area contributed by atoms with Gasteiger partial charge in [0, 0.05) is 6.42 Å². The Bertz CT molecular complexity index is 153. The van der Waals surface area contributed by atoms with Gasteiger partial charge in [-0.3, -0.25) is 0 Å². The Morgan fingerprint density at radius 2 is 2.40 bits per heavy atom. The van der Waals surface area contributed by atoms with Crippen LogP contribution in [0.4, 0.5) is 0 Å². The van der Waals surface area contributed by atoms with Gasteiger partial charge in [0.15, 0.2) is 0 Å². The second-order valence-electron chi connectivity index (χ2n) is 1.65. The van der Waals surface area contributed by atoms with Gasteiger partial charge in [-0.05, 0) is 19.7 Å². The third kappa shape index (κ3) is 7.96. The SMILES string of the molecule is CC#CC/C=C\OP(C)P. The minimum Gasteiger partial charge on any atom is -0.478 e. The minimum atomic E-state index is -0.340. The van der Waals surface area contributed by atoms with Crippen LogP contribution in [-0.2, 0) is 4.52 Å². The van der Waals surface area contributed by atoms with Crippen LogP contribution in [0.5, 0.6) is 0 Å². The van der Waals surface area contributed by atoms with Crippen molar-refractivity contribution in [2.45, 2.75) is 13.3 Å². The Labute approximate surface area is 66.2 Å². The summed E-state index contributed by atoms with van der Waals surface area (Å²) in [4.78, 5) is 0. The summed E-state index contributed by atoms with van der Waals surface area (Å²) < 4.78 is 5.17. The monoisotopic (exact) mass is 174 g/mol. The van der Waals surface area contributed by atoms with E-state index in [0.717, 1.165) is 6.42 Å². The Hall–Kier alpha value is -0.0400. The van der Waals surface area contributed by atoms with E-state index in [1.165, 1.54) is 0 Å². The van der Waals surface area contributed by atoms with E-state index in [9.17, 15) is 0 Å². The molecule has 0 aromatic heterocycles. The molecule has 10 heavy (non-hydrogen) atoms. The van der Waals surface area contributed by atoms with E-state index >= 15 is 0 Å². The first-order chi connectivity index (χ1) is 4.77. The molecule has 0 aromatic carbocycles. The molecule has 56 valence electrons. The molecule has 0 N–H and O–H groups in total. The van der Waals surface area contributed by atoms with Gasteiger partial charge in [0.25, 0.3) is 0 Å². The standard InChI is InChI=1S/C7H12OP2/c1-3-4-5-6-7-8-10(2)9/h6-7H,5,9H2,1-2H3/b7-6-. The van der Waals surface area contributed by atoms with Gasteiger partial charge in [0.05, 0.1) is 14.1 Å². The van der Waals surface area contributed by atoms with Gasteiger partial charge in [-0.1, -0.05) is 14.8 Å². The predicted molar refractivity (Wildman–Crippen MR) is 50.8 cm³/mol. The molecule has 0 radical (unpaired) electrons. The molecule has 0 amide bonds. The van der Waals surface area contributed by atoms with E-state index < -0.39 is 0 Å². The van der Waals surface area contributed by atoms with E-state index in [2.05, 4.69) is 20.8 Å². The van der Waals surface area contributed by atoms with Gasteiger partial charge in [-0.25, -0.2) is 0 Å². The number of hydrogen-bond donors (Lipinski definition) is 0. The molecule has 0 aliphatic heterocycles. The quantitative estimate of drug-likeness (QED) is 0.363. The normalized spacial score (nSPS) is 12.3. The molecule has 0 aromatic rings. The molecule has 0 heterocycles. The first-order valence-electron chi connectivity index (χ1n) is 2.97. The third-order valence-electron chi connectivity index (χ3n) is 0.720. The molecule has 0 aliphatic carbocycles. The van der Waals surface area contributed by atoms with Gasteiger partial charge in [-0.2, -0.15) is 0 Å². The lowest BCUT2D eigenvalue weighted by molar-refractivity contribution is 0.549. The van der Waals surface area contributed by atoms with Crippen LogP contribution in [0, 0.1) is 11.8 Å². The first kappa shape index (κ1) is 9.96. The highest BCUT2D eigenvalue weighted by molar-refractivity contribution is 8.10. The van der Waals surface area contributed by atoms with Crippen molar-refractivity contribution in [3.05, 3.63) is 12.3 Å². The predicted octanol–water partition coefficient (Wildman–Crippen LogP) is 2.75. The molecule has 3 heteroatoms. The highest BCUT2D eigenvalue weighted by Gasteiger charge is 1.83. The topological polar surface area (TPSA) is 9.23 Å². The fourth-order valence-electron chi connectivity index (χ4n) is 0.348. The van der Waals surface area contributed by atoms with Crippen LogP contribution < -0.4 is 0 Å². The molecule has 0 bridgehead atoms. The number of allylic oxidation sites excluding steroid dienone is 1. The average Bonchev–Trinajstić information content (AvgIpc) is 1.87. The average molecular weight is 174 g/mol. The third-order valence-corrected chi connectivity index (χ3v) is 1.54. The fraction of sp³-hybridized carbons (Fsp3) is 0.429. The summed E-state index contributed by atoms with van der Waals surface area (Å²) in [6.45, 7) is 3.85. The summed E-state index contributed by atoms with van der Waals surface area (Å²) in [5.74, 6) is 5.70. The van der Waals surface area contributed by atoms with Crippen molar-refractivity contribution in [3.63, 3.8) is 0 Å². The maximum absolute atomic E-state index is 5.17. The molecule has 2 unspecified atom stereocenters. The zero-order valence-corrected chi connectivity index (χ0v) is 8.34. The lowest BCUT2D eigenvalue weighted by atomic mass is 10.4. The molecule has 0 spiro atoms. The zero-order valence-electron chi connectivity index (χ0n) is 6.29. The molecule has 0 aliphatic rings. The summed E-state index contributed by atoms with van der Waals surface area (Å²) in [7, 11) is 2.27. The fourth-order valence-corrected chi connectivity index (χ4v) is 0.837. The number of hydrogen-bond acceptors (Lipinski definition) is 1. The van der Waals surface area contributed by atoms with Crippen molar-refractivity contribution in [1.82, 2.24) is 0 Å². The summed E-state index contributed by atoms with van der Waals surface area (Å²) in [6, 6.07) is 0. The van der Waals surface area contributed by atoms with E-state index in [-0.39, 0.29) is 7.84 Å². The van der Waals surface area contributed by atoms with Crippen molar-refractivity contribution < 1.29 is 4.52 Å². The van der Waals surface area contributed by atoms with Gasteiger partial charge in [0.2, 0.25) is 0 Å². The molecule has 2 atom stereocenters. The lowest BCUT2D eigenvalue weighted by Crippen LogP contribution is -1.63. The van der Waals surface area contributed by atoms with Crippen LogP contribution in [0.2, 0.25) is 0 Å². The van der Waals surface area contributed by atoms with E-state index in [0.29, 0.717) is 0 Å². The minimum absolute atomic E-state index is 0.340. The largest absolute Gasteiger partial charge is 0.478 e. The summed E-state index contributed by atoms with van der Waals surface area (Å²) in [6.07, 6.45) is 4.41. The van der Waals surface area contributed by atoms with Crippen molar-refractivity contribution in [1.29, 1.82) is 0 Å². The molecular weight excluding hydrogens is 162 g/mol. The lowest BCUT2D eigenvalue weighted by Gasteiger charge is -2.00. The van der Waals surface area contributed by atoms with Crippen LogP contribution in [0.3, 0.4) is 0 Å². The molecule has 0 saturated carbocycles. The number of rotatable bonds is 3. The molecule has 0 fully saturated rings. The second kappa shape index (κ2) is 7.07. The van der Waals surface area contributed by atoms with Crippen molar-refractivity contribution in [2.75, 3.05) is 6.66 Å². The Morgan fingerprint density at radius 3 is 2.90 bits per heavy atom. The molecule has 0 rings (SSSR count). The summed E-state index contributed by atoms with van der Waals surface area (Å²) in [5, 5.41) is 0. The summed E-state index contributed by atoms with van der Waals surface area (Å²) in [5.41, 5.74) is 0. The Balaban J connectivity index is 3.26. The first-order valence-corrected chi connectivity index (χ1v) is 6.29. The van der Waals surface area contributed by atoms with E-state index in [4.69, 9.17) is 4.52 Å². The molecular formula is C7H12OP2. The van der Waals surface area contributed by atoms with Gasteiger partial charge in [-0.15, -0.1) is 5.92 Å². The smallest absolute Gasteiger partial charge is 0.0999 e. The van der Waals surface area contributed by atoms with Crippen LogP contribution >= 0.6 is 16.8 Å². The van der Waals surface area contributed by atoms with Crippen LogP contribution in [-0.4, -0.2) is 6.66 Å². The van der Waals surface area contributed by atoms with Crippen LogP contribution in [0.25, 0.3) is 0 Å². The Kier molecular flexibility index (Phi) is 7.04. The van der Waals surface area contributed by atoms with E-state index in [1.807, 2.05) is 19.7 Å². The van der Waals surface area contributed by atoms with Gasteiger partial charge >= 0.3 is 0 Å². The van der Waals surface area contributed by atoms with Gasteiger partial charge < -0.3 is 4.52 Å². The van der Waals surface area contributed by atoms with Gasteiger partial charge in [0.1, 0.15) is 0 Å². The maximum atomic E-state index is 5.17. The Morgan fingerprint density at radius 1 is 1.70 bits per heavy atom. The van der Waals surface area contributed by atoms with E-state index in [1.54, 1.807) is 6.26 Å². The highest BCUT2D eigenvalue weighted by atomic mass is 32.0. The second-order valence-corrected chi connectivity index (χ2v) is 5.14. The summed E-state index contributed by atoms with van der Waals surface area (Å²) >= 11 is 0. The van der Waals surface area contributed by atoms with Crippen molar-refractivity contribution in [2.24, 2.45) is 0 Å². The van der Waals surface area contributed by atoms with Crippen molar-refractivity contribution >= 4 is 16.8 Å². The zero-order chi connectivity index (χ0) is 7.82. The van der Waals surface area contributed by atoms with Crippen LogP contribution in [0.1, 0.15) is 13.3 Å². The van der Waals surface area contributed by atoms with Crippen LogP contribution in [0.15, 0.2) is 12.3 Å². The highest BCUT2D eigenvalue weighted by Crippen LogP contribution is 2.41. The molecule has 1 nitrogen and oxygen atoms in total. The van der Waals surface area contributed by atoms with Crippen molar-refractivity contribution in [3.8, 4) is 11.8 Å². The molecule has 0 saturated heterocycles.